The van der Waals surface area contributed by atoms with Crippen molar-refractivity contribution in [2.45, 2.75) is 69.6 Å². The minimum absolute atomic E-state index is 0.265. The van der Waals surface area contributed by atoms with E-state index in [1.807, 2.05) is 0 Å². The lowest BCUT2D eigenvalue weighted by Gasteiger charge is -2.42. The lowest BCUT2D eigenvalue weighted by Crippen LogP contribution is -2.61. The van der Waals surface area contributed by atoms with E-state index in [1.54, 1.807) is 0 Å². The molecular weight excluding hydrogens is 240 g/mol. The molecular formula is C15H26N2O2. The van der Waals surface area contributed by atoms with Gasteiger partial charge in [-0.3, -0.25) is 4.79 Å². The first-order valence-electron chi connectivity index (χ1n) is 7.94. The Balaban J connectivity index is 1.77. The van der Waals surface area contributed by atoms with E-state index in [1.165, 1.54) is 6.42 Å². The Morgan fingerprint density at radius 1 is 1.42 bits per heavy atom. The Bertz CT molecular complexity index is 339. The highest BCUT2D eigenvalue weighted by atomic mass is 16.5. The lowest BCUT2D eigenvalue weighted by molar-refractivity contribution is -0.151. The average molecular weight is 266 g/mol. The number of amides is 1. The number of nitrogens with one attached hydrogen (secondary N) is 1. The van der Waals surface area contributed by atoms with Gasteiger partial charge in [0.1, 0.15) is 0 Å². The third-order valence-corrected chi connectivity index (χ3v) is 5.07. The topological polar surface area (TPSA) is 41.6 Å². The van der Waals surface area contributed by atoms with Crippen molar-refractivity contribution >= 4 is 5.91 Å². The maximum atomic E-state index is 13.1. The van der Waals surface area contributed by atoms with E-state index in [0.717, 1.165) is 58.2 Å². The number of ether oxygens (including phenoxy) is 1. The molecule has 1 amide bonds. The lowest BCUT2D eigenvalue weighted by atomic mass is 9.89. The summed E-state index contributed by atoms with van der Waals surface area (Å²) in [7, 11) is 0. The third-order valence-electron chi connectivity index (χ3n) is 5.07. The second-order valence-corrected chi connectivity index (χ2v) is 6.27. The van der Waals surface area contributed by atoms with E-state index in [2.05, 4.69) is 17.1 Å². The van der Waals surface area contributed by atoms with Crippen LogP contribution in [0.2, 0.25) is 0 Å². The van der Waals surface area contributed by atoms with Crippen molar-refractivity contribution in [2.75, 3.05) is 19.7 Å². The van der Waals surface area contributed by atoms with Gasteiger partial charge >= 0.3 is 0 Å². The zero-order valence-electron chi connectivity index (χ0n) is 12.0. The van der Waals surface area contributed by atoms with Gasteiger partial charge in [0, 0.05) is 6.54 Å². The van der Waals surface area contributed by atoms with Crippen LogP contribution in [0.5, 0.6) is 0 Å². The van der Waals surface area contributed by atoms with E-state index in [9.17, 15) is 4.79 Å². The molecule has 0 aromatic rings. The molecule has 1 saturated carbocycles. The summed E-state index contributed by atoms with van der Waals surface area (Å²) in [6.45, 7) is 4.67. The maximum absolute atomic E-state index is 13.1. The normalized spacial score (nSPS) is 38.5. The van der Waals surface area contributed by atoms with Gasteiger partial charge in [0.15, 0.2) is 0 Å². The molecule has 4 nitrogen and oxygen atoms in total. The highest BCUT2D eigenvalue weighted by Crippen LogP contribution is 2.34. The molecule has 0 bridgehead atoms. The van der Waals surface area contributed by atoms with Crippen molar-refractivity contribution in [1.82, 2.24) is 10.2 Å². The van der Waals surface area contributed by atoms with Crippen LogP contribution in [0.4, 0.5) is 0 Å². The molecule has 0 radical (unpaired) electrons. The predicted molar refractivity (Wildman–Crippen MR) is 74.0 cm³/mol. The van der Waals surface area contributed by atoms with Crippen LogP contribution >= 0.6 is 0 Å². The number of carbonyl (C=O) groups excluding carboxylic acids is 1. The molecule has 3 atom stereocenters. The van der Waals surface area contributed by atoms with Gasteiger partial charge in [-0.25, -0.2) is 0 Å². The molecule has 1 aliphatic carbocycles. The van der Waals surface area contributed by atoms with E-state index in [0.29, 0.717) is 18.1 Å². The summed E-state index contributed by atoms with van der Waals surface area (Å²) in [4.78, 5) is 15.2. The second kappa shape index (κ2) is 5.41. The Morgan fingerprint density at radius 3 is 3.05 bits per heavy atom. The predicted octanol–water partition coefficient (Wildman–Crippen LogP) is 1.69. The Hall–Kier alpha value is -0.610. The third kappa shape index (κ3) is 2.29. The summed E-state index contributed by atoms with van der Waals surface area (Å²) < 4.78 is 5.82. The fraction of sp³-hybridized carbons (Fsp3) is 0.933. The first-order valence-corrected chi connectivity index (χ1v) is 7.94. The zero-order valence-corrected chi connectivity index (χ0v) is 12.0. The molecule has 2 aliphatic heterocycles. The number of hydrogen-bond acceptors (Lipinski definition) is 3. The molecule has 3 unspecified atom stereocenters. The fourth-order valence-corrected chi connectivity index (χ4v) is 4.19. The van der Waals surface area contributed by atoms with E-state index in [-0.39, 0.29) is 5.54 Å². The Kier molecular flexibility index (Phi) is 3.81. The van der Waals surface area contributed by atoms with Crippen LogP contribution in [0, 0.1) is 0 Å². The number of hydrogen-bond donors (Lipinski definition) is 1. The van der Waals surface area contributed by atoms with Gasteiger partial charge in [-0.2, -0.15) is 0 Å². The Labute approximate surface area is 115 Å². The quantitative estimate of drug-likeness (QED) is 0.845. The van der Waals surface area contributed by atoms with Gasteiger partial charge in [-0.15, -0.1) is 0 Å². The minimum Gasteiger partial charge on any atom is -0.374 e. The van der Waals surface area contributed by atoms with Crippen LogP contribution in [0.25, 0.3) is 0 Å². The number of morpholine rings is 1. The molecule has 0 aromatic carbocycles. The molecule has 4 heteroatoms. The van der Waals surface area contributed by atoms with Gasteiger partial charge < -0.3 is 15.0 Å². The van der Waals surface area contributed by atoms with Gasteiger partial charge in [-0.05, 0) is 45.1 Å². The first-order chi connectivity index (χ1) is 9.27. The average Bonchev–Trinajstić information content (AvgIpc) is 3.06. The molecule has 3 rings (SSSR count). The summed E-state index contributed by atoms with van der Waals surface area (Å²) >= 11 is 0. The van der Waals surface area contributed by atoms with Crippen molar-refractivity contribution in [2.24, 2.45) is 0 Å². The number of nitrogens with zero attached hydrogens (tertiary/aromatic N) is 1. The molecule has 0 spiro atoms. The molecule has 19 heavy (non-hydrogen) atoms. The molecule has 2 heterocycles. The molecule has 3 fully saturated rings. The van der Waals surface area contributed by atoms with Crippen molar-refractivity contribution in [3.8, 4) is 0 Å². The second-order valence-electron chi connectivity index (χ2n) is 6.27. The van der Waals surface area contributed by atoms with Crippen molar-refractivity contribution in [3.05, 3.63) is 0 Å². The summed E-state index contributed by atoms with van der Waals surface area (Å²) in [6.07, 6.45) is 7.93. The molecule has 2 saturated heterocycles. The number of carbonyl (C=O) groups is 1. The first kappa shape index (κ1) is 13.4. The highest BCUT2D eigenvalue weighted by molar-refractivity contribution is 5.87. The molecule has 1 N–H and O–H groups in total. The number of rotatable bonds is 3. The van der Waals surface area contributed by atoms with Crippen LogP contribution in [-0.2, 0) is 9.53 Å². The smallest absolute Gasteiger partial charge is 0.243 e. The SMILES string of the molecule is CCCC1(C(=O)N2CCOC3CCCC32)CCCN1. The van der Waals surface area contributed by atoms with Crippen molar-refractivity contribution in [3.63, 3.8) is 0 Å². The monoisotopic (exact) mass is 266 g/mol. The van der Waals surface area contributed by atoms with Crippen LogP contribution in [0.15, 0.2) is 0 Å². The van der Waals surface area contributed by atoms with Crippen LogP contribution < -0.4 is 5.32 Å². The maximum Gasteiger partial charge on any atom is 0.243 e. The van der Waals surface area contributed by atoms with Crippen LogP contribution in [-0.4, -0.2) is 48.2 Å². The summed E-state index contributed by atoms with van der Waals surface area (Å²) in [5.74, 6) is 0.354. The minimum atomic E-state index is -0.265. The van der Waals surface area contributed by atoms with Gasteiger partial charge in [0.2, 0.25) is 5.91 Å². The van der Waals surface area contributed by atoms with E-state index in [4.69, 9.17) is 4.74 Å². The molecule has 3 aliphatic rings. The molecule has 0 aromatic heterocycles. The number of fused-ring (bicyclic) bond motifs is 1. The van der Waals surface area contributed by atoms with Crippen LogP contribution in [0.3, 0.4) is 0 Å². The van der Waals surface area contributed by atoms with Crippen LogP contribution in [0.1, 0.15) is 51.9 Å². The van der Waals surface area contributed by atoms with Crippen molar-refractivity contribution < 1.29 is 9.53 Å². The summed E-state index contributed by atoms with van der Waals surface area (Å²) in [5.41, 5.74) is -0.265. The standard InChI is InChI=1S/C15H26N2O2/c1-2-7-15(8-4-9-16-15)14(18)17-10-11-19-13-6-3-5-12(13)17/h12-13,16H,2-11H2,1H3. The molecule has 108 valence electrons. The van der Waals surface area contributed by atoms with Gasteiger partial charge in [0.25, 0.3) is 0 Å². The van der Waals surface area contributed by atoms with E-state index >= 15 is 0 Å². The summed E-state index contributed by atoms with van der Waals surface area (Å²) in [6, 6.07) is 0.345. The summed E-state index contributed by atoms with van der Waals surface area (Å²) in [5, 5.41) is 3.52. The fourth-order valence-electron chi connectivity index (χ4n) is 4.19. The zero-order chi connectivity index (χ0) is 13.3. The van der Waals surface area contributed by atoms with Crippen molar-refractivity contribution in [1.29, 1.82) is 0 Å². The largest absolute Gasteiger partial charge is 0.374 e. The van der Waals surface area contributed by atoms with Gasteiger partial charge in [-0.1, -0.05) is 13.3 Å². The highest BCUT2D eigenvalue weighted by Gasteiger charge is 2.47. The van der Waals surface area contributed by atoms with Gasteiger partial charge in [0.05, 0.1) is 24.3 Å². The Morgan fingerprint density at radius 2 is 2.32 bits per heavy atom. The van der Waals surface area contributed by atoms with E-state index < -0.39 is 0 Å².